The van der Waals surface area contributed by atoms with Gasteiger partial charge >= 0.3 is 0 Å². The van der Waals surface area contributed by atoms with Crippen LogP contribution in [0.3, 0.4) is 0 Å². The Kier molecular flexibility index (Phi) is 47.6. The summed E-state index contributed by atoms with van der Waals surface area (Å²) in [6.07, 6.45) is 48.8. The fourth-order valence-corrected chi connectivity index (χ4v) is 10.7. The van der Waals surface area contributed by atoms with Crippen molar-refractivity contribution in [3.05, 3.63) is 48.6 Å². The number of aliphatic hydroxyl groups is 8. The highest BCUT2D eigenvalue weighted by atomic mass is 16.7. The minimum atomic E-state index is -1.79. The number of hydrogen-bond donors (Lipinski definition) is 9. The molecule has 9 N–H and O–H groups in total. The molecule has 0 aromatic heterocycles. The average Bonchev–Trinajstić information content (AvgIpc) is 3.48. The number of carbonyl (C=O) groups excluding carboxylic acids is 1. The maximum Gasteiger partial charge on any atom is 0.220 e. The zero-order chi connectivity index (χ0) is 58.1. The van der Waals surface area contributed by atoms with E-state index in [1.54, 1.807) is 6.08 Å². The summed E-state index contributed by atoms with van der Waals surface area (Å²) in [5, 5.41) is 87.2. The van der Waals surface area contributed by atoms with Crippen molar-refractivity contribution in [1.29, 1.82) is 0 Å². The zero-order valence-corrected chi connectivity index (χ0v) is 50.6. The van der Waals surface area contributed by atoms with E-state index >= 15 is 0 Å². The van der Waals surface area contributed by atoms with Crippen LogP contribution in [0.25, 0.3) is 0 Å². The molecule has 0 aromatic carbocycles. The number of allylic oxidation sites excluding steroid dienone is 7. The highest BCUT2D eigenvalue weighted by Crippen LogP contribution is 2.30. The molecule has 0 radical (unpaired) electrons. The van der Waals surface area contributed by atoms with E-state index in [2.05, 4.69) is 55.6 Å². The lowest BCUT2D eigenvalue weighted by atomic mass is 9.97. The van der Waals surface area contributed by atoms with Gasteiger partial charge in [0.2, 0.25) is 5.91 Å². The lowest BCUT2D eigenvalue weighted by molar-refractivity contribution is -0.359. The molecule has 12 atom stereocenters. The maximum absolute atomic E-state index is 13.3. The molecule has 2 rings (SSSR count). The van der Waals surface area contributed by atoms with Crippen LogP contribution >= 0.6 is 0 Å². The first-order valence-electron chi connectivity index (χ1n) is 32.9. The van der Waals surface area contributed by atoms with Gasteiger partial charge in [0.1, 0.15) is 48.8 Å². The Hall–Kier alpha value is -2.05. The quantitative estimate of drug-likeness (QED) is 0.0204. The molecule has 2 fully saturated rings. The Balaban J connectivity index is 1.74. The third-order valence-corrected chi connectivity index (χ3v) is 16.0. The third kappa shape index (κ3) is 35.9. The van der Waals surface area contributed by atoms with Crippen LogP contribution in [0.1, 0.15) is 271 Å². The van der Waals surface area contributed by atoms with Crippen molar-refractivity contribution in [2.24, 2.45) is 0 Å². The van der Waals surface area contributed by atoms with Crippen LogP contribution in [0, 0.1) is 0 Å². The fraction of sp³-hybridized carbons (Fsp3) is 0.864. The van der Waals surface area contributed by atoms with E-state index in [0.717, 1.165) is 44.9 Å². The zero-order valence-electron chi connectivity index (χ0n) is 50.6. The SMILES string of the molecule is CCCCCCCC/C=C\CCCCCCCCCCCC(=O)NC(COC1OC(CO)C(OC2OC(CO)C(O)C(O)C2O)C(O)C1O)C(O)/C=C/CC/C=C/CC/C=C/CCCCCCCCCCCCCCCCCCC. The van der Waals surface area contributed by atoms with Gasteiger partial charge in [-0.3, -0.25) is 4.79 Å². The smallest absolute Gasteiger partial charge is 0.220 e. The van der Waals surface area contributed by atoms with Crippen molar-refractivity contribution < 1.29 is 64.6 Å². The van der Waals surface area contributed by atoms with E-state index in [1.807, 2.05) is 6.08 Å². The molecule has 2 aliphatic rings. The van der Waals surface area contributed by atoms with Gasteiger partial charge in [0.05, 0.1) is 32.0 Å². The first-order chi connectivity index (χ1) is 39.1. The van der Waals surface area contributed by atoms with Gasteiger partial charge in [0.15, 0.2) is 12.6 Å². The lowest BCUT2D eigenvalue weighted by Crippen LogP contribution is -2.65. The van der Waals surface area contributed by atoms with Crippen molar-refractivity contribution in [3.63, 3.8) is 0 Å². The average molecular weight is 1140 g/mol. The van der Waals surface area contributed by atoms with Crippen LogP contribution in [0.4, 0.5) is 0 Å². The van der Waals surface area contributed by atoms with E-state index in [9.17, 15) is 45.6 Å². The van der Waals surface area contributed by atoms with Crippen molar-refractivity contribution >= 4 is 5.91 Å². The molecule has 14 heteroatoms. The molecule has 0 spiro atoms. The second-order valence-electron chi connectivity index (χ2n) is 23.2. The van der Waals surface area contributed by atoms with E-state index in [0.29, 0.717) is 12.8 Å². The number of ether oxygens (including phenoxy) is 4. The van der Waals surface area contributed by atoms with Crippen molar-refractivity contribution in [1.82, 2.24) is 5.32 Å². The van der Waals surface area contributed by atoms with Gasteiger partial charge < -0.3 is 65.1 Å². The molecular weight excluding hydrogens is 1010 g/mol. The Morgan fingerprint density at radius 1 is 0.438 bits per heavy atom. The Morgan fingerprint density at radius 3 is 1.23 bits per heavy atom. The van der Waals surface area contributed by atoms with Gasteiger partial charge in [-0.25, -0.2) is 0 Å². The summed E-state index contributed by atoms with van der Waals surface area (Å²) in [6, 6.07) is -0.940. The van der Waals surface area contributed by atoms with E-state index in [4.69, 9.17) is 18.9 Å². The fourth-order valence-electron chi connectivity index (χ4n) is 10.7. The largest absolute Gasteiger partial charge is 0.394 e. The van der Waals surface area contributed by atoms with Gasteiger partial charge in [0, 0.05) is 6.42 Å². The number of rotatable bonds is 53. The molecule has 468 valence electrons. The van der Waals surface area contributed by atoms with Gasteiger partial charge in [0.25, 0.3) is 0 Å². The minimum Gasteiger partial charge on any atom is -0.394 e. The number of unbranched alkanes of at least 4 members (excludes halogenated alkanes) is 34. The van der Waals surface area contributed by atoms with Gasteiger partial charge in [-0.15, -0.1) is 0 Å². The summed E-state index contributed by atoms with van der Waals surface area (Å²) >= 11 is 0. The molecule has 0 bridgehead atoms. The molecule has 14 nitrogen and oxygen atoms in total. The maximum atomic E-state index is 13.3. The molecule has 12 unspecified atom stereocenters. The number of amides is 1. The van der Waals surface area contributed by atoms with E-state index in [-0.39, 0.29) is 18.9 Å². The van der Waals surface area contributed by atoms with Crippen LogP contribution in [0.5, 0.6) is 0 Å². The second-order valence-corrected chi connectivity index (χ2v) is 23.2. The van der Waals surface area contributed by atoms with E-state index < -0.39 is 86.8 Å². The monoisotopic (exact) mass is 1140 g/mol. The van der Waals surface area contributed by atoms with Crippen LogP contribution in [-0.4, -0.2) is 140 Å². The summed E-state index contributed by atoms with van der Waals surface area (Å²) in [4.78, 5) is 13.3. The van der Waals surface area contributed by atoms with Crippen molar-refractivity contribution in [3.8, 4) is 0 Å². The van der Waals surface area contributed by atoms with Gasteiger partial charge in [-0.05, 0) is 70.6 Å². The number of nitrogens with one attached hydrogen (secondary N) is 1. The van der Waals surface area contributed by atoms with Gasteiger partial charge in [-0.1, -0.05) is 242 Å². The number of hydrogen-bond acceptors (Lipinski definition) is 13. The molecule has 0 saturated carbocycles. The van der Waals surface area contributed by atoms with Crippen LogP contribution in [-0.2, 0) is 23.7 Å². The molecule has 1 amide bonds. The molecule has 0 aliphatic carbocycles. The topological polar surface area (TPSA) is 228 Å². The highest BCUT2D eigenvalue weighted by Gasteiger charge is 2.51. The number of carbonyl (C=O) groups is 1. The minimum absolute atomic E-state index is 0.254. The molecule has 2 heterocycles. The number of aliphatic hydroxyl groups excluding tert-OH is 8. The van der Waals surface area contributed by atoms with Crippen LogP contribution < -0.4 is 5.32 Å². The molecular formula is C66H121NO13. The van der Waals surface area contributed by atoms with Gasteiger partial charge in [-0.2, -0.15) is 0 Å². The molecule has 80 heavy (non-hydrogen) atoms. The summed E-state index contributed by atoms with van der Waals surface area (Å²) in [5.74, 6) is -0.254. The first-order valence-corrected chi connectivity index (χ1v) is 32.9. The summed E-state index contributed by atoms with van der Waals surface area (Å²) in [6.45, 7) is 2.79. The lowest BCUT2D eigenvalue weighted by Gasteiger charge is -2.46. The predicted octanol–water partition coefficient (Wildman–Crippen LogP) is 12.3. The second kappa shape index (κ2) is 51.4. The predicted molar refractivity (Wildman–Crippen MR) is 323 cm³/mol. The standard InChI is InChI=1S/C66H121NO13/c1-3-5-7-9-11-13-15-17-19-21-23-24-25-26-27-28-29-30-32-33-35-37-39-41-43-45-47-49-55(70)54(67-58(71)50-48-46-44-42-40-38-36-34-31-22-20-18-16-14-12-10-8-6-4-2)53-77-65-63(76)61(74)64(57(52-69)79-65)80-66-62(75)60(73)59(72)56(51-68)78-66/h18,20,32-33,39,41,47,49,54-57,59-66,68-70,72-76H,3-17,19,21-31,34-38,40,42-46,48,50-53H2,1-2H3,(H,67,71)/b20-18-,33-32+,41-39+,49-47+. The highest BCUT2D eigenvalue weighted by molar-refractivity contribution is 5.76. The summed E-state index contributed by atoms with van der Waals surface area (Å²) < 4.78 is 22.8. The van der Waals surface area contributed by atoms with Crippen molar-refractivity contribution in [2.75, 3.05) is 19.8 Å². The summed E-state index contributed by atoms with van der Waals surface area (Å²) in [5.41, 5.74) is 0. The Bertz CT molecular complexity index is 1530. The summed E-state index contributed by atoms with van der Waals surface area (Å²) in [7, 11) is 0. The van der Waals surface area contributed by atoms with E-state index in [1.165, 1.54) is 193 Å². The molecule has 0 aromatic rings. The van der Waals surface area contributed by atoms with Crippen LogP contribution in [0.2, 0.25) is 0 Å². The molecule has 2 aliphatic heterocycles. The van der Waals surface area contributed by atoms with Crippen molar-refractivity contribution in [2.45, 2.75) is 344 Å². The Labute approximate surface area is 486 Å². The van der Waals surface area contributed by atoms with Crippen LogP contribution in [0.15, 0.2) is 48.6 Å². The normalized spacial score (nSPS) is 24.5. The first kappa shape index (κ1) is 74.1. The third-order valence-electron chi connectivity index (χ3n) is 16.0. The Morgan fingerprint density at radius 2 is 0.800 bits per heavy atom. The molecule has 2 saturated heterocycles.